The van der Waals surface area contributed by atoms with Crippen molar-refractivity contribution in [1.82, 2.24) is 20.1 Å². The summed E-state index contributed by atoms with van der Waals surface area (Å²) in [4.78, 5) is 15.0. The van der Waals surface area contributed by atoms with Crippen LogP contribution in [0.25, 0.3) is 11.4 Å². The van der Waals surface area contributed by atoms with E-state index in [1.54, 1.807) is 7.05 Å². The summed E-state index contributed by atoms with van der Waals surface area (Å²) in [5.41, 5.74) is 2.69. The number of H-pyrrole nitrogens is 2. The second-order valence-corrected chi connectivity index (χ2v) is 3.77. The van der Waals surface area contributed by atoms with Crippen LogP contribution in [0.15, 0.2) is 23.1 Å². The zero-order valence-corrected chi connectivity index (χ0v) is 9.50. The third-order valence-electron chi connectivity index (χ3n) is 2.64. The van der Waals surface area contributed by atoms with Crippen molar-refractivity contribution in [3.63, 3.8) is 0 Å². The molecule has 0 amide bonds. The molecule has 2 aromatic heterocycles. The van der Waals surface area contributed by atoms with Crippen LogP contribution in [0.2, 0.25) is 0 Å². The predicted molar refractivity (Wildman–Crippen MR) is 63.5 cm³/mol. The fraction of sp³-hybridized carbons (Fsp3) is 0.364. The van der Waals surface area contributed by atoms with Gasteiger partial charge in [-0.05, 0) is 32.1 Å². The largest absolute Gasteiger partial charge is 0.360 e. The molecular weight excluding hydrogens is 204 g/mol. The molecule has 0 aliphatic carbocycles. The van der Waals surface area contributed by atoms with Gasteiger partial charge < -0.3 is 10.3 Å². The van der Waals surface area contributed by atoms with Gasteiger partial charge in [0.1, 0.15) is 0 Å². The fourth-order valence-electron chi connectivity index (χ4n) is 1.79. The molecule has 0 fully saturated rings. The smallest absolute Gasteiger partial charge is 0.270 e. The van der Waals surface area contributed by atoms with Crippen molar-refractivity contribution < 1.29 is 0 Å². The fourth-order valence-corrected chi connectivity index (χ4v) is 1.79. The maximum absolute atomic E-state index is 11.9. The summed E-state index contributed by atoms with van der Waals surface area (Å²) >= 11 is 0. The van der Waals surface area contributed by atoms with E-state index in [0.717, 1.165) is 29.9 Å². The molecule has 0 saturated carbocycles. The highest BCUT2D eigenvalue weighted by molar-refractivity contribution is 5.58. The molecule has 0 atom stereocenters. The number of likely N-dealkylation sites (N-methyl/N-ethyl adjacent to an activating group) is 1. The van der Waals surface area contributed by atoms with Gasteiger partial charge in [-0.1, -0.05) is 0 Å². The van der Waals surface area contributed by atoms with E-state index in [4.69, 9.17) is 0 Å². The molecule has 0 saturated heterocycles. The highest BCUT2D eigenvalue weighted by atomic mass is 16.1. The van der Waals surface area contributed by atoms with Crippen LogP contribution in [-0.4, -0.2) is 28.4 Å². The van der Waals surface area contributed by atoms with E-state index in [1.165, 1.54) is 4.68 Å². The van der Waals surface area contributed by atoms with Crippen molar-refractivity contribution >= 4 is 0 Å². The lowest BCUT2D eigenvalue weighted by atomic mass is 10.1. The van der Waals surface area contributed by atoms with Crippen LogP contribution in [0.4, 0.5) is 0 Å². The summed E-state index contributed by atoms with van der Waals surface area (Å²) in [6.07, 6.45) is 2.57. The van der Waals surface area contributed by atoms with E-state index in [1.807, 2.05) is 25.4 Å². The summed E-state index contributed by atoms with van der Waals surface area (Å²) in [5, 5.41) is 6.12. The maximum Gasteiger partial charge on any atom is 0.270 e. The van der Waals surface area contributed by atoms with E-state index < -0.39 is 0 Å². The summed E-state index contributed by atoms with van der Waals surface area (Å²) in [6.45, 7) is 0.792. The van der Waals surface area contributed by atoms with Gasteiger partial charge in [0, 0.05) is 18.8 Å². The van der Waals surface area contributed by atoms with Crippen LogP contribution < -0.4 is 10.9 Å². The van der Waals surface area contributed by atoms with Crippen LogP contribution in [-0.2, 0) is 13.5 Å². The Bertz CT molecular complexity index is 507. The SMILES string of the molecule is CNCCc1c(-c2ccc[nH]2)[nH]n(C)c1=O. The second-order valence-electron chi connectivity index (χ2n) is 3.77. The summed E-state index contributed by atoms with van der Waals surface area (Å²) in [6, 6.07) is 3.87. The van der Waals surface area contributed by atoms with Crippen LogP contribution in [0.1, 0.15) is 5.56 Å². The van der Waals surface area contributed by atoms with Gasteiger partial charge in [0.05, 0.1) is 11.4 Å². The number of hydrogen-bond acceptors (Lipinski definition) is 2. The molecule has 0 aliphatic heterocycles. The maximum atomic E-state index is 11.9. The van der Waals surface area contributed by atoms with Crippen LogP contribution >= 0.6 is 0 Å². The lowest BCUT2D eigenvalue weighted by Gasteiger charge is -1.99. The molecule has 0 aliphatic rings. The lowest BCUT2D eigenvalue weighted by Crippen LogP contribution is -2.19. The van der Waals surface area contributed by atoms with Crippen molar-refractivity contribution in [2.24, 2.45) is 7.05 Å². The minimum absolute atomic E-state index is 0.0415. The van der Waals surface area contributed by atoms with Gasteiger partial charge in [-0.3, -0.25) is 14.6 Å². The minimum atomic E-state index is 0.0415. The predicted octanol–water partition coefficient (Wildman–Crippen LogP) is 0.470. The summed E-state index contributed by atoms with van der Waals surface area (Å²) in [7, 11) is 3.61. The minimum Gasteiger partial charge on any atom is -0.360 e. The van der Waals surface area contributed by atoms with E-state index in [0.29, 0.717) is 0 Å². The van der Waals surface area contributed by atoms with E-state index in [2.05, 4.69) is 15.4 Å². The van der Waals surface area contributed by atoms with Crippen molar-refractivity contribution in [3.05, 3.63) is 34.2 Å². The Morgan fingerprint density at radius 2 is 2.31 bits per heavy atom. The zero-order chi connectivity index (χ0) is 11.5. The Balaban J connectivity index is 2.45. The average Bonchev–Trinajstić information content (AvgIpc) is 2.87. The first kappa shape index (κ1) is 10.8. The molecule has 0 unspecified atom stereocenters. The number of nitrogens with zero attached hydrogens (tertiary/aromatic N) is 1. The Hall–Kier alpha value is -1.75. The third kappa shape index (κ3) is 1.81. The number of nitrogens with one attached hydrogen (secondary N) is 3. The molecule has 0 radical (unpaired) electrons. The Kier molecular flexibility index (Phi) is 2.96. The number of hydrogen-bond donors (Lipinski definition) is 3. The van der Waals surface area contributed by atoms with Gasteiger partial charge in [-0.25, -0.2) is 0 Å². The molecular formula is C11H16N4O. The topological polar surface area (TPSA) is 65.6 Å². The average molecular weight is 220 g/mol. The molecule has 0 spiro atoms. The van der Waals surface area contributed by atoms with Crippen molar-refractivity contribution in [3.8, 4) is 11.4 Å². The third-order valence-corrected chi connectivity index (χ3v) is 2.64. The molecule has 0 aromatic carbocycles. The quantitative estimate of drug-likeness (QED) is 0.701. The molecule has 3 N–H and O–H groups in total. The Morgan fingerprint density at radius 3 is 2.94 bits per heavy atom. The number of aromatic nitrogens is 3. The van der Waals surface area contributed by atoms with Crippen molar-refractivity contribution in [2.45, 2.75) is 6.42 Å². The van der Waals surface area contributed by atoms with Crippen molar-refractivity contribution in [2.75, 3.05) is 13.6 Å². The van der Waals surface area contributed by atoms with E-state index >= 15 is 0 Å². The van der Waals surface area contributed by atoms with Crippen molar-refractivity contribution in [1.29, 1.82) is 0 Å². The Morgan fingerprint density at radius 1 is 1.50 bits per heavy atom. The Labute approximate surface area is 93.5 Å². The number of aromatic amines is 2. The van der Waals surface area contributed by atoms with Gasteiger partial charge in [0.15, 0.2) is 0 Å². The first-order valence-corrected chi connectivity index (χ1v) is 5.30. The molecule has 5 heteroatoms. The van der Waals surface area contributed by atoms with Crippen LogP contribution in [0.5, 0.6) is 0 Å². The summed E-state index contributed by atoms with van der Waals surface area (Å²) in [5.74, 6) is 0. The molecule has 2 rings (SSSR count). The molecule has 0 bridgehead atoms. The molecule has 2 aromatic rings. The number of rotatable bonds is 4. The highest BCUT2D eigenvalue weighted by Gasteiger charge is 2.13. The second kappa shape index (κ2) is 4.40. The van der Waals surface area contributed by atoms with E-state index in [9.17, 15) is 4.79 Å². The first-order chi connectivity index (χ1) is 7.74. The molecule has 5 nitrogen and oxygen atoms in total. The lowest BCUT2D eigenvalue weighted by molar-refractivity contribution is 0.734. The number of aryl methyl sites for hydroxylation is 1. The standard InChI is InChI=1S/C11H16N4O/c1-12-7-5-8-10(9-4-3-6-13-9)14-15(2)11(8)16/h3-4,6,12-14H,5,7H2,1-2H3. The van der Waals surface area contributed by atoms with Crippen LogP contribution in [0.3, 0.4) is 0 Å². The van der Waals surface area contributed by atoms with Gasteiger partial charge in [0.2, 0.25) is 0 Å². The van der Waals surface area contributed by atoms with Gasteiger partial charge in [-0.15, -0.1) is 0 Å². The van der Waals surface area contributed by atoms with Gasteiger partial charge in [-0.2, -0.15) is 0 Å². The normalized spacial score (nSPS) is 10.9. The zero-order valence-electron chi connectivity index (χ0n) is 9.50. The molecule has 86 valence electrons. The van der Waals surface area contributed by atoms with Gasteiger partial charge >= 0.3 is 0 Å². The van der Waals surface area contributed by atoms with E-state index in [-0.39, 0.29) is 5.56 Å². The first-order valence-electron chi connectivity index (χ1n) is 5.30. The van der Waals surface area contributed by atoms with Crippen LogP contribution in [0, 0.1) is 0 Å². The monoisotopic (exact) mass is 220 g/mol. The molecule has 16 heavy (non-hydrogen) atoms. The highest BCUT2D eigenvalue weighted by Crippen LogP contribution is 2.17. The van der Waals surface area contributed by atoms with Gasteiger partial charge in [0.25, 0.3) is 5.56 Å². The summed E-state index contributed by atoms with van der Waals surface area (Å²) < 4.78 is 1.52. The molecule has 2 heterocycles.